The van der Waals surface area contributed by atoms with Crippen molar-refractivity contribution >= 4 is 39.0 Å². The zero-order chi connectivity index (χ0) is 36.0. The maximum absolute atomic E-state index is 6.95. The van der Waals surface area contributed by atoms with Gasteiger partial charge in [-0.2, -0.15) is 0 Å². The van der Waals surface area contributed by atoms with Gasteiger partial charge in [-0.15, -0.1) is 0 Å². The SMILES string of the molecule is CC1(C)c2ccccc2-c2c1ccc1c2oc2c(-c3ccc(N(c4ccc(-c5ccccc5)cc4)c4ccc5c(c4)Cc4ccccc4-5)cc3)cccc21. The van der Waals surface area contributed by atoms with Crippen LogP contribution in [-0.4, -0.2) is 0 Å². The van der Waals surface area contributed by atoms with E-state index in [0.717, 1.165) is 51.2 Å². The second kappa shape index (κ2) is 11.7. The number of fused-ring (bicyclic) bond motifs is 10. The molecule has 2 heteroatoms. The van der Waals surface area contributed by atoms with Gasteiger partial charge in [0.05, 0.1) is 0 Å². The number of nitrogens with zero attached hydrogens (tertiary/aromatic N) is 1. The molecule has 0 fully saturated rings. The molecule has 0 unspecified atom stereocenters. The second-order valence-electron chi connectivity index (χ2n) is 15.3. The van der Waals surface area contributed by atoms with E-state index >= 15 is 0 Å². The number of para-hydroxylation sites is 1. The van der Waals surface area contributed by atoms with Gasteiger partial charge in [-0.25, -0.2) is 0 Å². The van der Waals surface area contributed by atoms with Gasteiger partial charge in [-0.05, 0) is 98.5 Å². The topological polar surface area (TPSA) is 16.4 Å². The number of anilines is 3. The Balaban J connectivity index is 1.02. The molecule has 2 aliphatic carbocycles. The molecule has 0 amide bonds. The van der Waals surface area contributed by atoms with E-state index in [1.807, 2.05) is 0 Å². The van der Waals surface area contributed by atoms with E-state index in [0.29, 0.717) is 0 Å². The van der Waals surface area contributed by atoms with Crippen molar-refractivity contribution in [3.8, 4) is 44.5 Å². The van der Waals surface area contributed by atoms with Crippen LogP contribution in [0.5, 0.6) is 0 Å². The van der Waals surface area contributed by atoms with Crippen molar-refractivity contribution in [1.82, 2.24) is 0 Å². The monoisotopic (exact) mass is 691 g/mol. The maximum Gasteiger partial charge on any atom is 0.143 e. The summed E-state index contributed by atoms with van der Waals surface area (Å²) in [6, 6.07) is 64.2. The van der Waals surface area contributed by atoms with Gasteiger partial charge < -0.3 is 9.32 Å². The molecule has 0 aliphatic heterocycles. The van der Waals surface area contributed by atoms with Crippen LogP contribution in [0, 0.1) is 0 Å². The molecule has 0 spiro atoms. The van der Waals surface area contributed by atoms with Gasteiger partial charge in [0.2, 0.25) is 0 Å². The van der Waals surface area contributed by atoms with Crippen LogP contribution < -0.4 is 4.90 Å². The summed E-state index contributed by atoms with van der Waals surface area (Å²) in [5.41, 5.74) is 20.5. The Bertz CT molecular complexity index is 2910. The Hall–Kier alpha value is -6.64. The van der Waals surface area contributed by atoms with Crippen LogP contribution in [0.25, 0.3) is 66.4 Å². The van der Waals surface area contributed by atoms with Crippen LogP contribution in [0.1, 0.15) is 36.1 Å². The van der Waals surface area contributed by atoms with Gasteiger partial charge in [0, 0.05) is 44.4 Å². The summed E-state index contributed by atoms with van der Waals surface area (Å²) in [4.78, 5) is 2.38. The van der Waals surface area contributed by atoms with Crippen molar-refractivity contribution in [3.63, 3.8) is 0 Å². The highest BCUT2D eigenvalue weighted by Crippen LogP contribution is 2.53. The van der Waals surface area contributed by atoms with Crippen LogP contribution in [0.2, 0.25) is 0 Å². The molecule has 0 saturated carbocycles. The van der Waals surface area contributed by atoms with Gasteiger partial charge in [-0.3, -0.25) is 0 Å². The van der Waals surface area contributed by atoms with E-state index in [9.17, 15) is 0 Å². The highest BCUT2D eigenvalue weighted by atomic mass is 16.3. The lowest BCUT2D eigenvalue weighted by Crippen LogP contribution is -2.14. The predicted octanol–water partition coefficient (Wildman–Crippen LogP) is 14.3. The summed E-state index contributed by atoms with van der Waals surface area (Å²) in [6.45, 7) is 4.64. The van der Waals surface area contributed by atoms with Crippen molar-refractivity contribution in [2.45, 2.75) is 25.7 Å². The molecule has 2 aliphatic rings. The molecule has 0 radical (unpaired) electrons. The van der Waals surface area contributed by atoms with E-state index in [1.54, 1.807) is 0 Å². The van der Waals surface area contributed by atoms with Gasteiger partial charge in [0.1, 0.15) is 11.2 Å². The lowest BCUT2D eigenvalue weighted by atomic mass is 9.82. The normalized spacial score (nSPS) is 13.4. The average Bonchev–Trinajstić information content (AvgIpc) is 3.86. The Kier molecular flexibility index (Phi) is 6.69. The summed E-state index contributed by atoms with van der Waals surface area (Å²) >= 11 is 0. The molecule has 8 aromatic carbocycles. The fraction of sp³-hybridized carbons (Fsp3) is 0.0769. The third kappa shape index (κ3) is 4.60. The minimum atomic E-state index is -0.0751. The molecule has 2 nitrogen and oxygen atoms in total. The molecule has 9 aromatic rings. The molecular weight excluding hydrogens is 655 g/mol. The van der Waals surface area contributed by atoms with E-state index in [-0.39, 0.29) is 5.41 Å². The first-order valence-corrected chi connectivity index (χ1v) is 18.9. The van der Waals surface area contributed by atoms with Crippen molar-refractivity contribution < 1.29 is 4.42 Å². The first-order valence-electron chi connectivity index (χ1n) is 18.9. The molecule has 0 bridgehead atoms. The van der Waals surface area contributed by atoms with Crippen LogP contribution in [0.4, 0.5) is 17.1 Å². The third-order valence-corrected chi connectivity index (χ3v) is 11.9. The minimum Gasteiger partial charge on any atom is -0.455 e. The Morgan fingerprint density at radius 3 is 1.83 bits per heavy atom. The highest BCUT2D eigenvalue weighted by Gasteiger charge is 2.37. The minimum absolute atomic E-state index is 0.0751. The van der Waals surface area contributed by atoms with Gasteiger partial charge in [0.25, 0.3) is 0 Å². The zero-order valence-corrected chi connectivity index (χ0v) is 30.3. The van der Waals surface area contributed by atoms with E-state index in [1.165, 1.54) is 61.0 Å². The lowest BCUT2D eigenvalue weighted by molar-refractivity contribution is 0.653. The molecule has 11 rings (SSSR count). The molecule has 256 valence electrons. The van der Waals surface area contributed by atoms with E-state index in [4.69, 9.17) is 4.42 Å². The second-order valence-corrected chi connectivity index (χ2v) is 15.3. The fourth-order valence-corrected chi connectivity index (χ4v) is 9.21. The Labute approximate surface area is 315 Å². The summed E-state index contributed by atoms with van der Waals surface area (Å²) < 4.78 is 6.95. The van der Waals surface area contributed by atoms with Gasteiger partial charge in [0.15, 0.2) is 0 Å². The lowest BCUT2D eigenvalue weighted by Gasteiger charge is -2.26. The van der Waals surface area contributed by atoms with Crippen molar-refractivity contribution in [1.29, 1.82) is 0 Å². The third-order valence-electron chi connectivity index (χ3n) is 11.9. The quantitative estimate of drug-likeness (QED) is 0.179. The first-order chi connectivity index (χ1) is 26.5. The Morgan fingerprint density at radius 1 is 0.426 bits per heavy atom. The van der Waals surface area contributed by atoms with Crippen molar-refractivity contribution in [2.75, 3.05) is 4.90 Å². The fourth-order valence-electron chi connectivity index (χ4n) is 9.21. The van der Waals surface area contributed by atoms with Crippen LogP contribution >= 0.6 is 0 Å². The molecule has 0 N–H and O–H groups in total. The van der Waals surface area contributed by atoms with Crippen LogP contribution in [0.3, 0.4) is 0 Å². The van der Waals surface area contributed by atoms with Gasteiger partial charge >= 0.3 is 0 Å². The molecule has 0 atom stereocenters. The number of benzene rings is 8. The van der Waals surface area contributed by atoms with Crippen molar-refractivity contribution in [3.05, 3.63) is 198 Å². The average molecular weight is 692 g/mol. The van der Waals surface area contributed by atoms with Crippen molar-refractivity contribution in [2.24, 2.45) is 0 Å². The van der Waals surface area contributed by atoms with Crippen LogP contribution in [-0.2, 0) is 11.8 Å². The number of hydrogen-bond donors (Lipinski definition) is 0. The molecule has 1 aromatic heterocycles. The number of rotatable bonds is 5. The van der Waals surface area contributed by atoms with Gasteiger partial charge in [-0.1, -0.05) is 153 Å². The van der Waals surface area contributed by atoms with E-state index in [2.05, 4.69) is 195 Å². The first kappa shape index (κ1) is 30.9. The largest absolute Gasteiger partial charge is 0.455 e. The molecular formula is C52H37NO. The maximum atomic E-state index is 6.95. The molecule has 1 heterocycles. The molecule has 54 heavy (non-hydrogen) atoms. The summed E-state index contributed by atoms with van der Waals surface area (Å²) in [6.07, 6.45) is 0.951. The predicted molar refractivity (Wildman–Crippen MR) is 225 cm³/mol. The number of furan rings is 1. The highest BCUT2D eigenvalue weighted by molar-refractivity contribution is 6.14. The number of hydrogen-bond acceptors (Lipinski definition) is 2. The Morgan fingerprint density at radius 2 is 1.04 bits per heavy atom. The smallest absolute Gasteiger partial charge is 0.143 e. The molecule has 0 saturated heterocycles. The zero-order valence-electron chi connectivity index (χ0n) is 30.3. The summed E-state index contributed by atoms with van der Waals surface area (Å²) in [5, 5.41) is 2.31. The van der Waals surface area contributed by atoms with Crippen LogP contribution in [0.15, 0.2) is 180 Å². The standard InChI is InChI=1S/C52H37NO/c1-52(2)47-18-9-8-15-46(47)49-48(52)30-29-45-44-17-10-16-43(50(44)54-51(45)49)35-21-25-39(26-22-35)53(38-23-19-34(20-24-38)33-11-4-3-5-12-33)40-27-28-42-37(32-40)31-36-13-6-7-14-41(36)42/h3-30,32H,31H2,1-2H3. The van der Waals surface area contributed by atoms with E-state index < -0.39 is 0 Å². The summed E-state index contributed by atoms with van der Waals surface area (Å²) in [5.74, 6) is 0. The summed E-state index contributed by atoms with van der Waals surface area (Å²) in [7, 11) is 0.